The molecule has 2 aromatic rings. The van der Waals surface area contributed by atoms with Crippen molar-refractivity contribution in [3.05, 3.63) is 89.5 Å². The van der Waals surface area contributed by atoms with Gasteiger partial charge in [-0.1, -0.05) is 80.1 Å². The summed E-state index contributed by atoms with van der Waals surface area (Å²) in [6, 6.07) is 20.5. The molecule has 0 saturated heterocycles. The first-order chi connectivity index (χ1) is 16.5. The van der Waals surface area contributed by atoms with Crippen LogP contribution in [0, 0.1) is 28.6 Å². The number of benzene rings is 2. The molecule has 2 heteroatoms. The van der Waals surface area contributed by atoms with E-state index in [0.29, 0.717) is 11.0 Å². The summed E-state index contributed by atoms with van der Waals surface area (Å²) >= 11 is 0. The van der Waals surface area contributed by atoms with Crippen molar-refractivity contribution >= 4 is 11.5 Å². The fourth-order valence-corrected chi connectivity index (χ4v) is 8.15. The summed E-state index contributed by atoms with van der Waals surface area (Å²) in [5.41, 5.74) is 5.78. The molecule has 4 aliphatic carbocycles. The van der Waals surface area contributed by atoms with Crippen molar-refractivity contribution in [2.24, 2.45) is 28.6 Å². The van der Waals surface area contributed by atoms with Gasteiger partial charge in [0.1, 0.15) is 6.10 Å². The zero-order valence-electron chi connectivity index (χ0n) is 20.5. The summed E-state index contributed by atoms with van der Waals surface area (Å²) in [5.74, 6) is 2.07. The van der Waals surface area contributed by atoms with E-state index < -0.39 is 0 Å². The molecular weight excluding hydrogens is 416 g/mol. The zero-order valence-corrected chi connectivity index (χ0v) is 20.5. The molecule has 0 aliphatic heterocycles. The Morgan fingerprint density at radius 2 is 1.53 bits per heavy atom. The molecule has 0 amide bonds. The SMILES string of the molecule is C[C@]12CC[C@H](OC(=O)c3ccccc3)CC1=CCC1C2CC[C@]2(C)C(c3ccccc3)=CCC12. The smallest absolute Gasteiger partial charge is 0.338 e. The van der Waals surface area contributed by atoms with Crippen LogP contribution in [0.4, 0.5) is 0 Å². The van der Waals surface area contributed by atoms with Gasteiger partial charge in [-0.3, -0.25) is 0 Å². The predicted molar refractivity (Wildman–Crippen MR) is 137 cm³/mol. The molecule has 0 bridgehead atoms. The van der Waals surface area contributed by atoms with Gasteiger partial charge < -0.3 is 4.74 Å². The Morgan fingerprint density at radius 3 is 2.29 bits per heavy atom. The third kappa shape index (κ3) is 3.41. The number of rotatable bonds is 3. The molecule has 0 N–H and O–H groups in total. The highest BCUT2D eigenvalue weighted by Gasteiger charge is 2.57. The van der Waals surface area contributed by atoms with E-state index >= 15 is 0 Å². The average Bonchev–Trinajstić information content (AvgIpc) is 3.22. The van der Waals surface area contributed by atoms with Gasteiger partial charge in [0.05, 0.1) is 5.56 Å². The predicted octanol–water partition coefficient (Wildman–Crippen LogP) is 7.87. The lowest BCUT2D eigenvalue weighted by Gasteiger charge is -2.57. The van der Waals surface area contributed by atoms with Crippen LogP contribution in [-0.4, -0.2) is 12.1 Å². The third-order valence-corrected chi connectivity index (χ3v) is 10.0. The van der Waals surface area contributed by atoms with E-state index in [1.165, 1.54) is 31.2 Å². The normalized spacial score (nSPS) is 36.4. The highest BCUT2D eigenvalue weighted by atomic mass is 16.5. The zero-order chi connectivity index (χ0) is 23.3. The molecule has 176 valence electrons. The second kappa shape index (κ2) is 8.26. The fraction of sp³-hybridized carbons (Fsp3) is 0.469. The summed E-state index contributed by atoms with van der Waals surface area (Å²) in [7, 11) is 0. The first kappa shape index (κ1) is 21.9. The van der Waals surface area contributed by atoms with Crippen LogP contribution in [0.15, 0.2) is 78.4 Å². The minimum atomic E-state index is -0.178. The highest BCUT2D eigenvalue weighted by Crippen LogP contribution is 2.66. The van der Waals surface area contributed by atoms with Crippen molar-refractivity contribution in [2.75, 3.05) is 0 Å². The molecular formula is C32H36O2. The van der Waals surface area contributed by atoms with Crippen LogP contribution in [0.1, 0.15) is 74.7 Å². The average molecular weight is 453 g/mol. The lowest BCUT2D eigenvalue weighted by molar-refractivity contribution is -0.0306. The topological polar surface area (TPSA) is 26.3 Å². The number of ether oxygens (including phenoxy) is 1. The lowest BCUT2D eigenvalue weighted by Crippen LogP contribution is -2.50. The minimum absolute atomic E-state index is 0.00951. The van der Waals surface area contributed by atoms with Crippen molar-refractivity contribution in [1.82, 2.24) is 0 Å². The molecule has 6 atom stereocenters. The Hall–Kier alpha value is -2.61. The van der Waals surface area contributed by atoms with Crippen molar-refractivity contribution in [1.29, 1.82) is 0 Å². The molecule has 2 aromatic carbocycles. The number of allylic oxidation sites excluding steroid dienone is 3. The maximum Gasteiger partial charge on any atom is 0.338 e. The molecule has 3 unspecified atom stereocenters. The first-order valence-electron chi connectivity index (χ1n) is 13.2. The van der Waals surface area contributed by atoms with E-state index in [-0.39, 0.29) is 17.5 Å². The third-order valence-electron chi connectivity index (χ3n) is 10.0. The second-order valence-corrected chi connectivity index (χ2v) is 11.6. The van der Waals surface area contributed by atoms with Gasteiger partial charge in [0.15, 0.2) is 0 Å². The molecule has 2 saturated carbocycles. The Morgan fingerprint density at radius 1 is 0.824 bits per heavy atom. The molecule has 6 rings (SSSR count). The van der Waals surface area contributed by atoms with Crippen molar-refractivity contribution in [3.63, 3.8) is 0 Å². The van der Waals surface area contributed by atoms with Crippen LogP contribution in [0.3, 0.4) is 0 Å². The van der Waals surface area contributed by atoms with Crippen LogP contribution >= 0.6 is 0 Å². The monoisotopic (exact) mass is 452 g/mol. The molecule has 2 nitrogen and oxygen atoms in total. The number of carbonyl (C=O) groups excluding carboxylic acids is 1. The number of hydrogen-bond donors (Lipinski definition) is 0. The Kier molecular flexibility index (Phi) is 5.32. The van der Waals surface area contributed by atoms with Gasteiger partial charge in [-0.05, 0) is 90.4 Å². The van der Waals surface area contributed by atoms with Gasteiger partial charge >= 0.3 is 5.97 Å². The Bertz CT molecular complexity index is 1130. The summed E-state index contributed by atoms with van der Waals surface area (Å²) in [4.78, 5) is 12.6. The van der Waals surface area contributed by atoms with Gasteiger partial charge in [0.2, 0.25) is 0 Å². The van der Waals surface area contributed by atoms with Crippen LogP contribution in [0.2, 0.25) is 0 Å². The van der Waals surface area contributed by atoms with Gasteiger partial charge in [0.25, 0.3) is 0 Å². The Labute approximate surface area is 204 Å². The maximum atomic E-state index is 12.6. The second-order valence-electron chi connectivity index (χ2n) is 11.6. The summed E-state index contributed by atoms with van der Waals surface area (Å²) in [6.07, 6.45) is 13.1. The largest absolute Gasteiger partial charge is 0.458 e. The van der Waals surface area contributed by atoms with Gasteiger partial charge in [-0.2, -0.15) is 0 Å². The highest BCUT2D eigenvalue weighted by molar-refractivity contribution is 5.89. The van der Waals surface area contributed by atoms with Gasteiger partial charge in [-0.15, -0.1) is 0 Å². The van der Waals surface area contributed by atoms with E-state index in [1.807, 2.05) is 30.3 Å². The van der Waals surface area contributed by atoms with Gasteiger partial charge in [0, 0.05) is 6.42 Å². The molecule has 0 spiro atoms. The van der Waals surface area contributed by atoms with Crippen molar-refractivity contribution < 1.29 is 9.53 Å². The van der Waals surface area contributed by atoms with E-state index in [4.69, 9.17) is 4.74 Å². The number of carbonyl (C=O) groups is 1. The first-order valence-corrected chi connectivity index (χ1v) is 13.2. The van der Waals surface area contributed by atoms with Crippen LogP contribution in [0.25, 0.3) is 5.57 Å². The van der Waals surface area contributed by atoms with Crippen LogP contribution < -0.4 is 0 Å². The molecule has 34 heavy (non-hydrogen) atoms. The van der Waals surface area contributed by atoms with Crippen LogP contribution in [-0.2, 0) is 4.74 Å². The fourth-order valence-electron chi connectivity index (χ4n) is 8.15. The van der Waals surface area contributed by atoms with Crippen molar-refractivity contribution in [3.8, 4) is 0 Å². The molecule has 0 heterocycles. The molecule has 0 aromatic heterocycles. The summed E-state index contributed by atoms with van der Waals surface area (Å²) in [6.45, 7) is 5.06. The summed E-state index contributed by atoms with van der Waals surface area (Å²) < 4.78 is 5.97. The molecule has 0 radical (unpaired) electrons. The minimum Gasteiger partial charge on any atom is -0.458 e. The number of fused-ring (bicyclic) bond motifs is 5. The lowest BCUT2D eigenvalue weighted by atomic mass is 9.47. The van der Waals surface area contributed by atoms with Gasteiger partial charge in [-0.25, -0.2) is 4.79 Å². The molecule has 4 aliphatic rings. The standard InChI is InChI=1S/C32H36O2/c1-31-19-17-25(34-30(33)23-11-7-4-8-12-23)21-24(31)13-14-26-28-16-15-27(22-9-5-3-6-10-22)32(28,2)20-18-29(26)31/h3-13,15,25-26,28-29H,14,16-21H2,1-2H3/t25-,26?,28?,29?,31-,32+/m0/s1. The van der Waals surface area contributed by atoms with E-state index in [0.717, 1.165) is 37.0 Å². The van der Waals surface area contributed by atoms with E-state index in [1.54, 1.807) is 11.1 Å². The maximum absolute atomic E-state index is 12.6. The van der Waals surface area contributed by atoms with E-state index in [9.17, 15) is 4.79 Å². The number of hydrogen-bond acceptors (Lipinski definition) is 2. The van der Waals surface area contributed by atoms with Crippen LogP contribution in [0.5, 0.6) is 0 Å². The summed E-state index contributed by atoms with van der Waals surface area (Å²) in [5, 5.41) is 0. The Balaban J connectivity index is 1.20. The molecule has 2 fully saturated rings. The number of esters is 1. The quantitative estimate of drug-likeness (QED) is 0.350. The van der Waals surface area contributed by atoms with E-state index in [2.05, 4.69) is 56.3 Å². The van der Waals surface area contributed by atoms with Crippen molar-refractivity contribution in [2.45, 2.75) is 64.9 Å².